The van der Waals surface area contributed by atoms with Gasteiger partial charge in [0.25, 0.3) is 0 Å². The molecular weight excluding hydrogens is 327 g/mol. The van der Waals surface area contributed by atoms with Crippen LogP contribution in [0.4, 0.5) is 0 Å². The molecule has 0 aliphatic heterocycles. The second kappa shape index (κ2) is 4.48. The van der Waals surface area contributed by atoms with Crippen molar-refractivity contribution in [3.8, 4) is 0 Å². The molecule has 6 heteroatoms. The van der Waals surface area contributed by atoms with Crippen molar-refractivity contribution in [3.05, 3.63) is 21.0 Å². The summed E-state index contributed by atoms with van der Waals surface area (Å²) in [4.78, 5) is 15.6. The number of carbonyl (C=O) groups is 1. The average Bonchev–Trinajstić information content (AvgIpc) is 2.71. The van der Waals surface area contributed by atoms with E-state index in [0.29, 0.717) is 6.42 Å². The van der Waals surface area contributed by atoms with E-state index in [4.69, 9.17) is 5.11 Å². The number of aromatic nitrogens is 2. The van der Waals surface area contributed by atoms with Crippen LogP contribution < -0.4 is 0 Å². The minimum absolute atomic E-state index is 0.225. The van der Waals surface area contributed by atoms with Gasteiger partial charge in [0.1, 0.15) is 3.70 Å². The number of nitrogens with zero attached hydrogens (tertiary/aromatic N) is 2. The van der Waals surface area contributed by atoms with E-state index >= 15 is 0 Å². The number of thiazole rings is 1. The van der Waals surface area contributed by atoms with E-state index in [9.17, 15) is 4.79 Å². The summed E-state index contributed by atoms with van der Waals surface area (Å²) in [5.74, 6) is -0.734. The fourth-order valence-corrected chi connectivity index (χ4v) is 3.16. The molecule has 0 aromatic carbocycles. The van der Waals surface area contributed by atoms with Crippen LogP contribution in [0.25, 0.3) is 4.96 Å². The fourth-order valence-electron chi connectivity index (χ4n) is 1.42. The highest BCUT2D eigenvalue weighted by Gasteiger charge is 2.08. The molecule has 0 bridgehead atoms. The van der Waals surface area contributed by atoms with Crippen LogP contribution in [0.15, 0.2) is 11.6 Å². The van der Waals surface area contributed by atoms with Gasteiger partial charge in [-0.1, -0.05) is 0 Å². The van der Waals surface area contributed by atoms with Crippen LogP contribution in [0.1, 0.15) is 18.5 Å². The number of imidazole rings is 1. The van der Waals surface area contributed by atoms with Crippen LogP contribution in [0.3, 0.4) is 0 Å². The van der Waals surface area contributed by atoms with E-state index in [1.807, 2.05) is 11.6 Å². The zero-order valence-electron chi connectivity index (χ0n) is 7.81. The lowest BCUT2D eigenvalue weighted by Crippen LogP contribution is -1.98. The van der Waals surface area contributed by atoms with E-state index < -0.39 is 5.97 Å². The standard InChI is InChI=1S/C9H9IN2O2S/c10-7-4-11-9-12(7)6(5-15-9)2-1-3-8(13)14/h4-5H,1-3H2,(H,13,14). The largest absolute Gasteiger partial charge is 0.481 e. The molecule has 0 amide bonds. The van der Waals surface area contributed by atoms with Crippen LogP contribution in [0, 0.1) is 3.70 Å². The quantitative estimate of drug-likeness (QED) is 0.873. The molecule has 2 heterocycles. The highest BCUT2D eigenvalue weighted by Crippen LogP contribution is 2.20. The predicted molar refractivity (Wildman–Crippen MR) is 66.4 cm³/mol. The molecule has 0 fully saturated rings. The first kappa shape index (κ1) is 10.9. The first-order valence-corrected chi connectivity index (χ1v) is 6.45. The Balaban J connectivity index is 2.13. The molecule has 4 nitrogen and oxygen atoms in total. The summed E-state index contributed by atoms with van der Waals surface area (Å²) in [5.41, 5.74) is 1.15. The fraction of sp³-hybridized carbons (Fsp3) is 0.333. The summed E-state index contributed by atoms with van der Waals surface area (Å²) in [6, 6.07) is 0. The molecule has 2 rings (SSSR count). The smallest absolute Gasteiger partial charge is 0.303 e. The maximum absolute atomic E-state index is 10.4. The summed E-state index contributed by atoms with van der Waals surface area (Å²) >= 11 is 3.82. The third kappa shape index (κ3) is 2.31. The Hall–Kier alpha value is -0.630. The summed E-state index contributed by atoms with van der Waals surface area (Å²) in [7, 11) is 0. The molecule has 0 saturated heterocycles. The maximum Gasteiger partial charge on any atom is 0.303 e. The number of carboxylic acid groups (broad SMARTS) is 1. The zero-order valence-corrected chi connectivity index (χ0v) is 10.8. The van der Waals surface area contributed by atoms with Gasteiger partial charge in [-0.25, -0.2) is 4.98 Å². The van der Waals surface area contributed by atoms with Crippen molar-refractivity contribution >= 4 is 44.9 Å². The van der Waals surface area contributed by atoms with Gasteiger partial charge in [0.15, 0.2) is 4.96 Å². The van der Waals surface area contributed by atoms with Gasteiger partial charge in [0.2, 0.25) is 0 Å². The van der Waals surface area contributed by atoms with Crippen molar-refractivity contribution in [3.63, 3.8) is 0 Å². The van der Waals surface area contributed by atoms with Crippen LogP contribution in [-0.4, -0.2) is 20.5 Å². The molecule has 0 aliphatic carbocycles. The second-order valence-corrected chi connectivity index (χ2v) is 5.12. The lowest BCUT2D eigenvalue weighted by Gasteiger charge is -1.98. The number of carboxylic acids is 1. The van der Waals surface area contributed by atoms with Gasteiger partial charge in [-0.2, -0.15) is 0 Å². The molecule has 15 heavy (non-hydrogen) atoms. The number of fused-ring (bicyclic) bond motifs is 1. The number of aryl methyl sites for hydroxylation is 1. The van der Waals surface area contributed by atoms with Gasteiger partial charge in [-0.3, -0.25) is 9.20 Å². The monoisotopic (exact) mass is 336 g/mol. The molecule has 0 atom stereocenters. The Morgan fingerprint density at radius 1 is 1.67 bits per heavy atom. The average molecular weight is 336 g/mol. The van der Waals surface area contributed by atoms with E-state index in [-0.39, 0.29) is 6.42 Å². The van der Waals surface area contributed by atoms with Crippen LogP contribution in [0.5, 0.6) is 0 Å². The van der Waals surface area contributed by atoms with Crippen LogP contribution in [-0.2, 0) is 11.2 Å². The Kier molecular flexibility index (Phi) is 3.25. The Morgan fingerprint density at radius 3 is 3.20 bits per heavy atom. The van der Waals surface area contributed by atoms with E-state index in [1.54, 1.807) is 11.3 Å². The number of rotatable bonds is 4. The Bertz CT molecular complexity index is 491. The minimum Gasteiger partial charge on any atom is -0.481 e. The van der Waals surface area contributed by atoms with Crippen LogP contribution >= 0.6 is 33.9 Å². The van der Waals surface area contributed by atoms with Crippen molar-refractivity contribution < 1.29 is 9.90 Å². The molecule has 0 spiro atoms. The van der Waals surface area contributed by atoms with Gasteiger partial charge < -0.3 is 5.11 Å². The first-order valence-electron chi connectivity index (χ1n) is 4.49. The third-order valence-electron chi connectivity index (χ3n) is 2.10. The van der Waals surface area contributed by atoms with Gasteiger partial charge in [-0.15, -0.1) is 11.3 Å². The summed E-state index contributed by atoms with van der Waals surface area (Å²) in [6.45, 7) is 0. The molecular formula is C9H9IN2O2S. The van der Waals surface area contributed by atoms with Crippen molar-refractivity contribution in [1.82, 2.24) is 9.38 Å². The topological polar surface area (TPSA) is 54.6 Å². The lowest BCUT2D eigenvalue weighted by molar-refractivity contribution is -0.137. The van der Waals surface area contributed by atoms with Gasteiger partial charge >= 0.3 is 5.97 Å². The molecule has 2 aromatic heterocycles. The Labute approximate surface area is 104 Å². The zero-order chi connectivity index (χ0) is 10.8. The van der Waals surface area contributed by atoms with E-state index in [2.05, 4.69) is 32.0 Å². The maximum atomic E-state index is 10.4. The van der Waals surface area contributed by atoms with Gasteiger partial charge in [0, 0.05) is 17.5 Å². The lowest BCUT2D eigenvalue weighted by atomic mass is 10.2. The molecule has 0 radical (unpaired) electrons. The van der Waals surface area contributed by atoms with Gasteiger partial charge in [-0.05, 0) is 35.4 Å². The highest BCUT2D eigenvalue weighted by atomic mass is 127. The minimum atomic E-state index is -0.734. The second-order valence-electron chi connectivity index (χ2n) is 3.17. The highest BCUT2D eigenvalue weighted by molar-refractivity contribution is 14.1. The third-order valence-corrected chi connectivity index (χ3v) is 3.75. The Morgan fingerprint density at radius 2 is 2.47 bits per heavy atom. The SMILES string of the molecule is O=C(O)CCCc1csc2ncc(I)n12. The van der Waals surface area contributed by atoms with Crippen molar-refractivity contribution in [1.29, 1.82) is 0 Å². The molecule has 80 valence electrons. The number of halogens is 1. The first-order chi connectivity index (χ1) is 7.18. The molecule has 0 unspecified atom stereocenters. The summed E-state index contributed by atoms with van der Waals surface area (Å²) < 4.78 is 3.15. The molecule has 0 aliphatic rings. The predicted octanol–water partition coefficient (Wildman–Crippen LogP) is 2.41. The van der Waals surface area contributed by atoms with Gasteiger partial charge in [0.05, 0.1) is 6.20 Å². The molecule has 2 aromatic rings. The van der Waals surface area contributed by atoms with Crippen molar-refractivity contribution in [2.75, 3.05) is 0 Å². The number of aliphatic carboxylic acids is 1. The molecule has 1 N–H and O–H groups in total. The normalized spacial score (nSPS) is 11.0. The number of hydrogen-bond acceptors (Lipinski definition) is 3. The van der Waals surface area contributed by atoms with Crippen LogP contribution in [0.2, 0.25) is 0 Å². The number of hydrogen-bond donors (Lipinski definition) is 1. The van der Waals surface area contributed by atoms with Crippen molar-refractivity contribution in [2.45, 2.75) is 19.3 Å². The summed E-state index contributed by atoms with van der Waals surface area (Å²) in [6.07, 6.45) is 3.52. The van der Waals surface area contributed by atoms with E-state index in [1.165, 1.54) is 0 Å². The summed E-state index contributed by atoms with van der Waals surface area (Å²) in [5, 5.41) is 10.6. The van der Waals surface area contributed by atoms with E-state index in [0.717, 1.165) is 20.8 Å². The van der Waals surface area contributed by atoms with Crippen molar-refractivity contribution in [2.24, 2.45) is 0 Å². The molecule has 0 saturated carbocycles.